The van der Waals surface area contributed by atoms with Gasteiger partial charge in [0.05, 0.1) is 12.6 Å². The van der Waals surface area contributed by atoms with Gasteiger partial charge in [0, 0.05) is 12.4 Å². The molecule has 0 aliphatic rings. The molecule has 78 valence electrons. The molecule has 0 aliphatic carbocycles. The Morgan fingerprint density at radius 2 is 2.50 bits per heavy atom. The van der Waals surface area contributed by atoms with Crippen molar-refractivity contribution in [1.82, 2.24) is 15.3 Å². The normalized spacial score (nSPS) is 10.5. The van der Waals surface area contributed by atoms with Gasteiger partial charge < -0.3 is 15.0 Å². The number of hydrogen-bond donors (Lipinski definition) is 2. The van der Waals surface area contributed by atoms with Crippen LogP contribution in [0.15, 0.2) is 12.4 Å². The molecule has 1 amide bonds. The van der Waals surface area contributed by atoms with Crippen molar-refractivity contribution in [3.05, 3.63) is 18.2 Å². The van der Waals surface area contributed by atoms with Gasteiger partial charge in [-0.3, -0.25) is 4.79 Å². The van der Waals surface area contributed by atoms with E-state index in [1.54, 1.807) is 12.4 Å². The van der Waals surface area contributed by atoms with Crippen molar-refractivity contribution in [3.63, 3.8) is 0 Å². The van der Waals surface area contributed by atoms with E-state index in [1.807, 2.05) is 13.8 Å². The van der Waals surface area contributed by atoms with Gasteiger partial charge in [0.15, 0.2) is 0 Å². The first-order valence-electron chi connectivity index (χ1n) is 4.55. The lowest BCUT2D eigenvalue weighted by molar-refractivity contribution is -0.127. The highest BCUT2D eigenvalue weighted by Gasteiger charge is 2.03. The number of H-pyrrole nitrogens is 1. The van der Waals surface area contributed by atoms with Crippen LogP contribution in [0.3, 0.4) is 0 Å². The Bertz CT molecular complexity index is 270. The minimum Gasteiger partial charge on any atom is -0.369 e. The van der Waals surface area contributed by atoms with Crippen LogP contribution >= 0.6 is 0 Å². The van der Waals surface area contributed by atoms with Gasteiger partial charge >= 0.3 is 0 Å². The Hall–Kier alpha value is -1.36. The second-order valence-electron chi connectivity index (χ2n) is 3.17. The number of imidazole rings is 1. The summed E-state index contributed by atoms with van der Waals surface area (Å²) < 4.78 is 5.13. The Labute approximate surface area is 82.9 Å². The number of amides is 1. The highest BCUT2D eigenvalue weighted by atomic mass is 16.5. The molecule has 0 saturated heterocycles. The first-order chi connectivity index (χ1) is 6.68. The zero-order chi connectivity index (χ0) is 10.4. The number of carbonyl (C=O) groups is 1. The van der Waals surface area contributed by atoms with E-state index in [2.05, 4.69) is 15.3 Å². The molecule has 0 aliphatic heterocycles. The van der Waals surface area contributed by atoms with E-state index >= 15 is 0 Å². The van der Waals surface area contributed by atoms with Crippen LogP contribution in [-0.2, 0) is 16.1 Å². The Morgan fingerprint density at radius 1 is 1.71 bits per heavy atom. The maximum absolute atomic E-state index is 11.2. The third kappa shape index (κ3) is 4.04. The van der Waals surface area contributed by atoms with Crippen molar-refractivity contribution in [2.45, 2.75) is 26.5 Å². The molecule has 1 heterocycles. The van der Waals surface area contributed by atoms with Gasteiger partial charge in [-0.1, -0.05) is 0 Å². The van der Waals surface area contributed by atoms with Gasteiger partial charge in [-0.05, 0) is 13.8 Å². The third-order valence-electron chi connectivity index (χ3n) is 1.56. The number of nitrogens with one attached hydrogen (secondary N) is 2. The summed E-state index contributed by atoms with van der Waals surface area (Å²) in [5.74, 6) is 0.609. The Balaban J connectivity index is 2.15. The summed E-state index contributed by atoms with van der Waals surface area (Å²) in [6.07, 6.45) is 3.43. The summed E-state index contributed by atoms with van der Waals surface area (Å²) in [6.45, 7) is 4.28. The summed E-state index contributed by atoms with van der Waals surface area (Å²) in [5, 5.41) is 2.68. The van der Waals surface area contributed by atoms with Crippen LogP contribution in [0.2, 0.25) is 0 Å². The maximum Gasteiger partial charge on any atom is 0.246 e. The van der Waals surface area contributed by atoms with Crippen LogP contribution in [0.1, 0.15) is 19.7 Å². The van der Waals surface area contributed by atoms with Crippen molar-refractivity contribution < 1.29 is 9.53 Å². The van der Waals surface area contributed by atoms with Gasteiger partial charge in [-0.15, -0.1) is 0 Å². The van der Waals surface area contributed by atoms with Gasteiger partial charge in [0.2, 0.25) is 5.91 Å². The topological polar surface area (TPSA) is 67.0 Å². The number of aromatic nitrogens is 2. The summed E-state index contributed by atoms with van der Waals surface area (Å²) in [6, 6.07) is 0. The fourth-order valence-corrected chi connectivity index (χ4v) is 0.870. The second-order valence-corrected chi connectivity index (χ2v) is 3.17. The van der Waals surface area contributed by atoms with Gasteiger partial charge in [-0.25, -0.2) is 4.98 Å². The molecule has 0 bridgehead atoms. The lowest BCUT2D eigenvalue weighted by Gasteiger charge is -2.07. The summed E-state index contributed by atoms with van der Waals surface area (Å²) in [4.78, 5) is 18.0. The van der Waals surface area contributed by atoms with Crippen LogP contribution in [0.4, 0.5) is 0 Å². The van der Waals surface area contributed by atoms with Crippen molar-refractivity contribution >= 4 is 5.91 Å². The van der Waals surface area contributed by atoms with Crippen molar-refractivity contribution in [2.75, 3.05) is 6.61 Å². The molecule has 1 aromatic rings. The number of aromatic amines is 1. The molecule has 0 radical (unpaired) electrons. The van der Waals surface area contributed by atoms with Gasteiger partial charge in [0.25, 0.3) is 0 Å². The zero-order valence-corrected chi connectivity index (χ0v) is 8.41. The number of nitrogens with zero attached hydrogens (tertiary/aromatic N) is 1. The number of rotatable bonds is 5. The fourth-order valence-electron chi connectivity index (χ4n) is 0.870. The average Bonchev–Trinajstić information content (AvgIpc) is 2.63. The first-order valence-corrected chi connectivity index (χ1v) is 4.55. The van der Waals surface area contributed by atoms with Gasteiger partial charge in [-0.2, -0.15) is 0 Å². The third-order valence-corrected chi connectivity index (χ3v) is 1.56. The standard InChI is InChI=1S/C9H15N3O2/c1-7(2)14-6-9(13)12-5-8-10-3-4-11-8/h3-4,7H,5-6H2,1-2H3,(H,10,11)(H,12,13). The van der Waals surface area contributed by atoms with E-state index in [-0.39, 0.29) is 18.6 Å². The van der Waals surface area contributed by atoms with Crippen molar-refractivity contribution in [2.24, 2.45) is 0 Å². The number of hydrogen-bond acceptors (Lipinski definition) is 3. The minimum absolute atomic E-state index is 0.0735. The second kappa shape index (κ2) is 5.39. The van der Waals surface area contributed by atoms with E-state index in [0.717, 1.165) is 5.82 Å². The van der Waals surface area contributed by atoms with E-state index < -0.39 is 0 Å². The lowest BCUT2D eigenvalue weighted by Crippen LogP contribution is -2.28. The lowest BCUT2D eigenvalue weighted by atomic mass is 10.5. The zero-order valence-electron chi connectivity index (χ0n) is 8.41. The molecule has 5 nitrogen and oxygen atoms in total. The minimum atomic E-state index is -0.130. The van der Waals surface area contributed by atoms with Crippen molar-refractivity contribution in [1.29, 1.82) is 0 Å². The Morgan fingerprint density at radius 3 is 3.07 bits per heavy atom. The quantitative estimate of drug-likeness (QED) is 0.720. The van der Waals surface area contributed by atoms with E-state index in [9.17, 15) is 4.79 Å². The fraction of sp³-hybridized carbons (Fsp3) is 0.556. The summed E-state index contributed by atoms with van der Waals surface area (Å²) in [5.41, 5.74) is 0. The monoisotopic (exact) mass is 197 g/mol. The molecular formula is C9H15N3O2. The van der Waals surface area contributed by atoms with Crippen LogP contribution < -0.4 is 5.32 Å². The number of ether oxygens (including phenoxy) is 1. The van der Waals surface area contributed by atoms with Crippen LogP contribution in [-0.4, -0.2) is 28.6 Å². The highest BCUT2D eigenvalue weighted by Crippen LogP contribution is 1.89. The predicted octanol–water partition coefficient (Wildman–Crippen LogP) is 0.451. The van der Waals surface area contributed by atoms with Crippen molar-refractivity contribution in [3.8, 4) is 0 Å². The molecule has 1 aromatic heterocycles. The van der Waals surface area contributed by atoms with Gasteiger partial charge in [0.1, 0.15) is 12.4 Å². The molecule has 0 unspecified atom stereocenters. The first kappa shape index (κ1) is 10.7. The van der Waals surface area contributed by atoms with E-state index in [1.165, 1.54) is 0 Å². The molecule has 14 heavy (non-hydrogen) atoms. The molecule has 0 fully saturated rings. The molecule has 1 rings (SSSR count). The SMILES string of the molecule is CC(C)OCC(=O)NCc1ncc[nH]1. The largest absolute Gasteiger partial charge is 0.369 e. The van der Waals surface area contributed by atoms with E-state index in [4.69, 9.17) is 4.74 Å². The van der Waals surface area contributed by atoms with Crippen LogP contribution in [0, 0.1) is 0 Å². The molecular weight excluding hydrogens is 182 g/mol. The molecule has 0 aromatic carbocycles. The average molecular weight is 197 g/mol. The molecule has 0 spiro atoms. The summed E-state index contributed by atoms with van der Waals surface area (Å²) >= 11 is 0. The highest BCUT2D eigenvalue weighted by molar-refractivity contribution is 5.77. The molecule has 0 saturated carbocycles. The van der Waals surface area contributed by atoms with E-state index in [0.29, 0.717) is 6.54 Å². The predicted molar refractivity (Wildman–Crippen MR) is 51.5 cm³/mol. The van der Waals surface area contributed by atoms with Crippen LogP contribution in [0.5, 0.6) is 0 Å². The Kier molecular flexibility index (Phi) is 4.12. The summed E-state index contributed by atoms with van der Waals surface area (Å²) in [7, 11) is 0. The smallest absolute Gasteiger partial charge is 0.246 e. The molecule has 2 N–H and O–H groups in total. The number of carbonyl (C=O) groups excluding carboxylic acids is 1. The maximum atomic E-state index is 11.2. The molecule has 5 heteroatoms. The van der Waals surface area contributed by atoms with Crippen LogP contribution in [0.25, 0.3) is 0 Å². The molecule has 0 atom stereocenters.